The first-order chi connectivity index (χ1) is 18.6. The van der Waals surface area contributed by atoms with Gasteiger partial charge in [-0.3, -0.25) is 13.9 Å². The topological polar surface area (TPSA) is 86.8 Å². The van der Waals surface area contributed by atoms with E-state index in [0.717, 1.165) is 16.3 Å². The lowest BCUT2D eigenvalue weighted by molar-refractivity contribution is -0.139. The molecule has 0 bridgehead atoms. The Morgan fingerprint density at radius 3 is 2.15 bits per heavy atom. The third-order valence-corrected chi connectivity index (χ3v) is 8.95. The van der Waals surface area contributed by atoms with Crippen LogP contribution in [0.15, 0.2) is 83.8 Å². The first-order valence-corrected chi connectivity index (χ1v) is 14.8. The zero-order valence-electron chi connectivity index (χ0n) is 22.8. The Hall–Kier alpha value is -3.36. The van der Waals surface area contributed by atoms with Gasteiger partial charge in [-0.1, -0.05) is 73.1 Å². The van der Waals surface area contributed by atoms with E-state index in [9.17, 15) is 18.0 Å². The number of nitrogens with zero attached hydrogens (tertiary/aromatic N) is 2. The molecule has 0 fully saturated rings. The highest BCUT2D eigenvalue weighted by Crippen LogP contribution is 2.31. The van der Waals surface area contributed by atoms with Crippen molar-refractivity contribution in [1.29, 1.82) is 0 Å². The second kappa shape index (κ2) is 13.6. The van der Waals surface area contributed by atoms with Gasteiger partial charge in [-0.25, -0.2) is 8.42 Å². The highest BCUT2D eigenvalue weighted by Gasteiger charge is 2.33. The van der Waals surface area contributed by atoms with Crippen molar-refractivity contribution < 1.29 is 18.0 Å². The predicted molar refractivity (Wildman–Crippen MR) is 156 cm³/mol. The van der Waals surface area contributed by atoms with Crippen molar-refractivity contribution >= 4 is 39.1 Å². The molecular weight excluding hydrogens is 534 g/mol. The third kappa shape index (κ3) is 7.61. The molecule has 0 saturated heterocycles. The van der Waals surface area contributed by atoms with Gasteiger partial charge in [0.15, 0.2) is 0 Å². The highest BCUT2D eigenvalue weighted by atomic mass is 35.5. The van der Waals surface area contributed by atoms with Crippen LogP contribution in [0.3, 0.4) is 0 Å². The van der Waals surface area contributed by atoms with Gasteiger partial charge in [-0.05, 0) is 69.0 Å². The Labute approximate surface area is 236 Å². The fraction of sp³-hybridized carbons (Fsp3) is 0.333. The molecule has 0 heterocycles. The van der Waals surface area contributed by atoms with Crippen LogP contribution >= 0.6 is 11.6 Å². The van der Waals surface area contributed by atoms with Crippen LogP contribution in [-0.2, 0) is 26.0 Å². The summed E-state index contributed by atoms with van der Waals surface area (Å²) in [5.41, 5.74) is 1.84. The van der Waals surface area contributed by atoms with E-state index in [2.05, 4.69) is 5.32 Å². The summed E-state index contributed by atoms with van der Waals surface area (Å²) in [7, 11) is -4.13. The summed E-state index contributed by atoms with van der Waals surface area (Å²) in [5.74, 6) is -0.779. The van der Waals surface area contributed by atoms with Crippen molar-refractivity contribution in [3.63, 3.8) is 0 Å². The van der Waals surface area contributed by atoms with Crippen LogP contribution in [0.4, 0.5) is 5.69 Å². The van der Waals surface area contributed by atoms with Crippen LogP contribution in [0.1, 0.15) is 38.3 Å². The first-order valence-electron chi connectivity index (χ1n) is 13.0. The Kier molecular flexibility index (Phi) is 10.5. The van der Waals surface area contributed by atoms with Gasteiger partial charge in [0, 0.05) is 17.6 Å². The molecule has 2 atom stereocenters. The van der Waals surface area contributed by atoms with Crippen molar-refractivity contribution in [1.82, 2.24) is 10.2 Å². The molecule has 0 aliphatic heterocycles. The maximum atomic E-state index is 13.9. The van der Waals surface area contributed by atoms with Gasteiger partial charge in [-0.2, -0.15) is 0 Å². The van der Waals surface area contributed by atoms with E-state index in [4.69, 9.17) is 11.6 Å². The highest BCUT2D eigenvalue weighted by molar-refractivity contribution is 7.92. The van der Waals surface area contributed by atoms with E-state index in [0.29, 0.717) is 22.7 Å². The minimum atomic E-state index is -4.13. The fourth-order valence-corrected chi connectivity index (χ4v) is 5.80. The van der Waals surface area contributed by atoms with Gasteiger partial charge in [0.2, 0.25) is 11.8 Å². The summed E-state index contributed by atoms with van der Waals surface area (Å²) in [6, 6.07) is 21.7. The van der Waals surface area contributed by atoms with Crippen molar-refractivity contribution in [2.75, 3.05) is 17.4 Å². The lowest BCUT2D eigenvalue weighted by Gasteiger charge is -2.33. The van der Waals surface area contributed by atoms with E-state index in [-0.39, 0.29) is 23.4 Å². The van der Waals surface area contributed by atoms with Gasteiger partial charge in [0.05, 0.1) is 10.6 Å². The molecule has 0 aliphatic carbocycles. The molecule has 208 valence electrons. The van der Waals surface area contributed by atoms with Gasteiger partial charge in [0.1, 0.15) is 12.6 Å². The summed E-state index contributed by atoms with van der Waals surface area (Å²) in [6.45, 7) is 7.00. The molecule has 3 aromatic rings. The lowest BCUT2D eigenvalue weighted by Crippen LogP contribution is -2.53. The van der Waals surface area contributed by atoms with Crippen LogP contribution in [0, 0.1) is 6.92 Å². The van der Waals surface area contributed by atoms with Gasteiger partial charge < -0.3 is 10.2 Å². The Balaban J connectivity index is 2.00. The largest absolute Gasteiger partial charge is 0.352 e. The molecule has 0 aromatic heterocycles. The molecule has 39 heavy (non-hydrogen) atoms. The molecule has 3 aromatic carbocycles. The van der Waals surface area contributed by atoms with Crippen LogP contribution in [-0.4, -0.2) is 50.3 Å². The zero-order valence-corrected chi connectivity index (χ0v) is 24.4. The maximum absolute atomic E-state index is 13.9. The molecule has 9 heteroatoms. The SMILES string of the molecule is CC[C@@H](C)NC(=O)[C@@H](C)N(CCc1ccccc1)C(=O)CN(c1cccc(Cl)c1C)S(=O)(=O)c1ccccc1. The number of carbonyl (C=O) groups is 2. The van der Waals surface area contributed by atoms with E-state index >= 15 is 0 Å². The molecule has 0 unspecified atom stereocenters. The number of anilines is 1. The minimum absolute atomic E-state index is 0.0515. The van der Waals surface area contributed by atoms with Crippen LogP contribution in [0.25, 0.3) is 0 Å². The number of hydrogen-bond donors (Lipinski definition) is 1. The van der Waals surface area contributed by atoms with Crippen LogP contribution in [0.5, 0.6) is 0 Å². The van der Waals surface area contributed by atoms with E-state index in [1.807, 2.05) is 44.2 Å². The molecule has 0 spiro atoms. The van der Waals surface area contributed by atoms with E-state index < -0.39 is 28.5 Å². The molecule has 0 aliphatic rings. The van der Waals surface area contributed by atoms with E-state index in [1.54, 1.807) is 50.2 Å². The molecule has 7 nitrogen and oxygen atoms in total. The van der Waals surface area contributed by atoms with Gasteiger partial charge in [-0.15, -0.1) is 0 Å². The fourth-order valence-electron chi connectivity index (χ4n) is 4.13. The monoisotopic (exact) mass is 569 g/mol. The smallest absolute Gasteiger partial charge is 0.264 e. The molecule has 1 N–H and O–H groups in total. The summed E-state index contributed by atoms with van der Waals surface area (Å²) in [5, 5.41) is 3.32. The Morgan fingerprint density at radius 2 is 1.54 bits per heavy atom. The minimum Gasteiger partial charge on any atom is -0.352 e. The predicted octanol–water partition coefficient (Wildman–Crippen LogP) is 5.22. The van der Waals surface area contributed by atoms with Gasteiger partial charge in [0.25, 0.3) is 10.0 Å². The second-order valence-corrected chi connectivity index (χ2v) is 11.8. The van der Waals surface area contributed by atoms with Crippen LogP contribution < -0.4 is 9.62 Å². The van der Waals surface area contributed by atoms with Gasteiger partial charge >= 0.3 is 0 Å². The number of carbonyl (C=O) groups excluding carboxylic acids is 2. The van der Waals surface area contributed by atoms with Crippen LogP contribution in [0.2, 0.25) is 5.02 Å². The Bertz CT molecular complexity index is 1370. The molecule has 3 rings (SSSR count). The Morgan fingerprint density at radius 1 is 0.923 bits per heavy atom. The number of benzene rings is 3. The number of rotatable bonds is 12. The average Bonchev–Trinajstić information content (AvgIpc) is 2.94. The summed E-state index contributed by atoms with van der Waals surface area (Å²) >= 11 is 6.36. The third-order valence-electron chi connectivity index (χ3n) is 6.77. The quantitative estimate of drug-likeness (QED) is 0.324. The van der Waals surface area contributed by atoms with Crippen molar-refractivity contribution in [2.24, 2.45) is 0 Å². The number of nitrogens with one attached hydrogen (secondary N) is 1. The normalized spacial score (nSPS) is 12.8. The van der Waals surface area contributed by atoms with Crippen molar-refractivity contribution in [3.05, 3.63) is 95.0 Å². The number of amides is 2. The standard InChI is InChI=1S/C30H36ClN3O4S/c1-5-22(2)32-30(36)24(4)33(20-19-25-13-8-6-9-14-25)29(35)21-34(28-18-12-17-27(31)23(28)3)39(37,38)26-15-10-7-11-16-26/h6-18,22,24H,5,19-21H2,1-4H3,(H,32,36)/t22-,24-/m1/s1. The number of halogens is 1. The van der Waals surface area contributed by atoms with Crippen molar-refractivity contribution in [3.8, 4) is 0 Å². The number of hydrogen-bond acceptors (Lipinski definition) is 4. The van der Waals surface area contributed by atoms with E-state index in [1.165, 1.54) is 17.0 Å². The average molecular weight is 570 g/mol. The maximum Gasteiger partial charge on any atom is 0.264 e. The number of sulfonamides is 1. The summed E-state index contributed by atoms with van der Waals surface area (Å²) in [4.78, 5) is 28.5. The first kappa shape index (κ1) is 30.2. The molecule has 0 radical (unpaired) electrons. The zero-order chi connectivity index (χ0) is 28.6. The molecule has 2 amide bonds. The lowest BCUT2D eigenvalue weighted by atomic mass is 10.1. The summed E-state index contributed by atoms with van der Waals surface area (Å²) < 4.78 is 28.8. The molecule has 0 saturated carbocycles. The molecular formula is C30H36ClN3O4S. The van der Waals surface area contributed by atoms with Crippen molar-refractivity contribution in [2.45, 2.75) is 57.5 Å². The second-order valence-electron chi connectivity index (χ2n) is 9.53. The summed E-state index contributed by atoms with van der Waals surface area (Å²) in [6.07, 6.45) is 1.25.